The number of carbonyl (C=O) groups is 1. The van der Waals surface area contributed by atoms with Crippen molar-refractivity contribution in [3.63, 3.8) is 0 Å². The minimum Gasteiger partial charge on any atom is -0.372 e. The van der Waals surface area contributed by atoms with E-state index >= 15 is 0 Å². The van der Waals surface area contributed by atoms with E-state index in [-0.39, 0.29) is 5.91 Å². The van der Waals surface area contributed by atoms with Gasteiger partial charge in [0.25, 0.3) is 5.91 Å². The molecule has 4 aliphatic rings. The Hall–Kier alpha value is -3.69. The molecule has 2 aromatic rings. The van der Waals surface area contributed by atoms with Crippen LogP contribution in [0.3, 0.4) is 0 Å². The van der Waals surface area contributed by atoms with Crippen LogP contribution >= 0.6 is 0 Å². The maximum atomic E-state index is 13.0. The number of piperazine rings is 1. The first kappa shape index (κ1) is 27.5. The quantitative estimate of drug-likeness (QED) is 0.356. The lowest BCUT2D eigenvalue weighted by atomic mass is 9.78. The summed E-state index contributed by atoms with van der Waals surface area (Å²) >= 11 is 0. The van der Waals surface area contributed by atoms with Crippen molar-refractivity contribution in [3.8, 4) is 11.1 Å². The van der Waals surface area contributed by atoms with E-state index in [0.29, 0.717) is 23.3 Å². The number of aromatic nitrogens is 1. The molecule has 6 rings (SSSR count). The van der Waals surface area contributed by atoms with E-state index in [0.717, 1.165) is 80.6 Å². The van der Waals surface area contributed by atoms with E-state index in [1.165, 1.54) is 25.0 Å². The van der Waals surface area contributed by atoms with Crippen LogP contribution in [0.25, 0.3) is 11.1 Å². The van der Waals surface area contributed by atoms with Crippen molar-refractivity contribution in [3.05, 3.63) is 65.3 Å². The maximum absolute atomic E-state index is 13.0. The first-order chi connectivity index (χ1) is 19.9. The first-order valence-corrected chi connectivity index (χ1v) is 14.9. The number of nitrogens with one attached hydrogen (secondary N) is 3. The monoisotopic (exact) mass is 554 g/mol. The number of carbonyl (C=O) groups excluding carboxylic acids is 1. The predicted molar refractivity (Wildman–Crippen MR) is 166 cm³/mol. The van der Waals surface area contributed by atoms with Crippen molar-refractivity contribution in [1.82, 2.24) is 25.4 Å². The predicted octanol–water partition coefficient (Wildman–Crippen LogP) is 3.68. The molecule has 41 heavy (non-hydrogen) atoms. The number of aliphatic imine (C=N–C) groups is 1. The third kappa shape index (κ3) is 5.74. The zero-order chi connectivity index (χ0) is 28.4. The van der Waals surface area contributed by atoms with Gasteiger partial charge < -0.3 is 30.7 Å². The third-order valence-electron chi connectivity index (χ3n) is 9.42. The SMILES string of the molecule is C=N/C(=C\C=C(/C)N1CCN(C)CC1)Nc1ccc(-c2ccnc(N3CCC4(CCNC4)CC3)c2)c2c1C(=O)NC2. The van der Waals surface area contributed by atoms with Gasteiger partial charge in [0.15, 0.2) is 0 Å². The summed E-state index contributed by atoms with van der Waals surface area (Å²) < 4.78 is 0. The van der Waals surface area contributed by atoms with Crippen molar-refractivity contribution >= 4 is 24.1 Å². The Labute approximate surface area is 243 Å². The van der Waals surface area contributed by atoms with Gasteiger partial charge in [0, 0.05) is 64.3 Å². The molecule has 0 radical (unpaired) electrons. The molecule has 3 N–H and O–H groups in total. The molecule has 0 aliphatic carbocycles. The highest BCUT2D eigenvalue weighted by Gasteiger charge is 2.37. The fraction of sp³-hybridized carbons (Fsp3) is 0.469. The van der Waals surface area contributed by atoms with E-state index in [1.54, 1.807) is 0 Å². The molecular weight excluding hydrogens is 512 g/mol. The van der Waals surface area contributed by atoms with Gasteiger partial charge in [-0.1, -0.05) is 6.07 Å². The Bertz CT molecular complexity index is 1360. The molecule has 1 aromatic carbocycles. The summed E-state index contributed by atoms with van der Waals surface area (Å²) in [7, 11) is 2.16. The largest absolute Gasteiger partial charge is 0.372 e. The van der Waals surface area contributed by atoms with Gasteiger partial charge >= 0.3 is 0 Å². The molecule has 3 fully saturated rings. The van der Waals surface area contributed by atoms with E-state index in [4.69, 9.17) is 4.98 Å². The van der Waals surface area contributed by atoms with Gasteiger partial charge in [0.1, 0.15) is 11.6 Å². The van der Waals surface area contributed by atoms with Crippen LogP contribution in [0.2, 0.25) is 0 Å². The van der Waals surface area contributed by atoms with Crippen molar-refractivity contribution in [1.29, 1.82) is 0 Å². The van der Waals surface area contributed by atoms with Crippen LogP contribution in [0, 0.1) is 5.41 Å². The Kier molecular flexibility index (Phi) is 7.81. The van der Waals surface area contributed by atoms with Crippen molar-refractivity contribution in [2.24, 2.45) is 10.4 Å². The Balaban J connectivity index is 1.21. The van der Waals surface area contributed by atoms with Gasteiger partial charge in [-0.05, 0) is 99.0 Å². The van der Waals surface area contributed by atoms with Gasteiger partial charge in [-0.25, -0.2) is 9.98 Å². The second kappa shape index (κ2) is 11.7. The molecule has 3 saturated heterocycles. The van der Waals surface area contributed by atoms with Crippen molar-refractivity contribution in [2.75, 3.05) is 69.6 Å². The summed E-state index contributed by atoms with van der Waals surface area (Å²) in [4.78, 5) is 29.1. The van der Waals surface area contributed by atoms with E-state index < -0.39 is 0 Å². The molecule has 4 aliphatic heterocycles. The molecule has 0 atom stereocenters. The second-order valence-corrected chi connectivity index (χ2v) is 11.9. The minimum absolute atomic E-state index is 0.0716. The second-order valence-electron chi connectivity index (χ2n) is 11.9. The molecular formula is C32H42N8O. The number of hydrogen-bond donors (Lipinski definition) is 3. The number of piperidine rings is 1. The zero-order valence-corrected chi connectivity index (χ0v) is 24.4. The third-order valence-corrected chi connectivity index (χ3v) is 9.42. The van der Waals surface area contributed by atoms with Gasteiger partial charge in [0.05, 0.1) is 11.3 Å². The topological polar surface area (TPSA) is 88.1 Å². The molecule has 0 unspecified atom stereocenters. The van der Waals surface area contributed by atoms with Crippen LogP contribution in [0.5, 0.6) is 0 Å². The van der Waals surface area contributed by atoms with Gasteiger partial charge in [-0.2, -0.15) is 0 Å². The number of likely N-dealkylation sites (N-methyl/N-ethyl adjacent to an activating group) is 1. The summed E-state index contributed by atoms with van der Waals surface area (Å²) in [5.74, 6) is 1.55. The molecule has 9 nitrogen and oxygen atoms in total. The highest BCUT2D eigenvalue weighted by molar-refractivity contribution is 6.05. The van der Waals surface area contributed by atoms with Crippen LogP contribution < -0.4 is 20.9 Å². The summed E-state index contributed by atoms with van der Waals surface area (Å²) in [6.07, 6.45) is 9.60. The highest BCUT2D eigenvalue weighted by Crippen LogP contribution is 2.39. The lowest BCUT2D eigenvalue weighted by Crippen LogP contribution is -2.43. The van der Waals surface area contributed by atoms with Crippen molar-refractivity contribution < 1.29 is 4.79 Å². The number of hydrogen-bond acceptors (Lipinski definition) is 8. The summed E-state index contributed by atoms with van der Waals surface area (Å²) in [5.41, 5.74) is 6.21. The molecule has 1 spiro atoms. The highest BCUT2D eigenvalue weighted by atomic mass is 16.1. The number of amides is 1. The summed E-state index contributed by atoms with van der Waals surface area (Å²) in [6, 6.07) is 8.30. The molecule has 216 valence electrons. The van der Waals surface area contributed by atoms with Gasteiger partial charge in [0.2, 0.25) is 0 Å². The number of fused-ring (bicyclic) bond motifs is 1. The molecule has 5 heterocycles. The number of rotatable bonds is 7. The minimum atomic E-state index is -0.0716. The average Bonchev–Trinajstić information content (AvgIpc) is 3.63. The lowest BCUT2D eigenvalue weighted by Gasteiger charge is -2.39. The Morgan fingerprint density at radius 2 is 1.90 bits per heavy atom. The van der Waals surface area contributed by atoms with E-state index in [9.17, 15) is 4.79 Å². The number of allylic oxidation sites excluding steroid dienone is 3. The van der Waals surface area contributed by atoms with E-state index in [1.807, 2.05) is 24.4 Å². The zero-order valence-electron chi connectivity index (χ0n) is 24.4. The number of benzene rings is 1. The molecule has 9 heteroatoms. The number of nitrogens with zero attached hydrogens (tertiary/aromatic N) is 5. The van der Waals surface area contributed by atoms with Gasteiger partial charge in [-0.3, -0.25) is 4.79 Å². The van der Waals surface area contributed by atoms with E-state index in [2.05, 4.69) is 74.5 Å². The fourth-order valence-corrected chi connectivity index (χ4v) is 6.65. The maximum Gasteiger partial charge on any atom is 0.254 e. The van der Waals surface area contributed by atoms with Crippen LogP contribution in [0.15, 0.2) is 59.1 Å². The standard InChI is InChI=1S/C32H42N8O/c1-23(39-18-16-38(3)17-19-39)4-7-28(33-2)37-27-6-5-25(26-21-36-31(41)30(26)27)24-8-12-35-29(20-24)40-14-10-32(11-15-40)9-13-34-22-32/h4-8,12,20,34,37H,2,9-11,13-19,21-22H2,1,3H3,(H,36,41)/b23-4+,28-7+. The lowest BCUT2D eigenvalue weighted by molar-refractivity contribution is 0.0966. The fourth-order valence-electron chi connectivity index (χ4n) is 6.65. The summed E-state index contributed by atoms with van der Waals surface area (Å²) in [5, 5.41) is 9.95. The Morgan fingerprint density at radius 1 is 1.10 bits per heavy atom. The Morgan fingerprint density at radius 3 is 2.63 bits per heavy atom. The molecule has 1 aromatic heterocycles. The van der Waals surface area contributed by atoms with Crippen LogP contribution in [0.1, 0.15) is 42.1 Å². The molecule has 1 amide bonds. The smallest absolute Gasteiger partial charge is 0.254 e. The number of pyridine rings is 1. The first-order valence-electron chi connectivity index (χ1n) is 14.9. The van der Waals surface area contributed by atoms with Gasteiger partial charge in [-0.15, -0.1) is 0 Å². The summed E-state index contributed by atoms with van der Waals surface area (Å²) in [6.45, 7) is 14.9. The normalized spacial score (nSPS) is 21.3. The van der Waals surface area contributed by atoms with Crippen molar-refractivity contribution in [2.45, 2.75) is 32.7 Å². The molecule has 0 bridgehead atoms. The average molecular weight is 555 g/mol. The number of anilines is 2. The van der Waals surface area contributed by atoms with Crippen LogP contribution in [-0.4, -0.2) is 86.8 Å². The van der Waals surface area contributed by atoms with Crippen LogP contribution in [0.4, 0.5) is 11.5 Å². The molecule has 0 saturated carbocycles. The van der Waals surface area contributed by atoms with Crippen LogP contribution in [-0.2, 0) is 6.54 Å².